The number of nitrogens with zero attached hydrogens (tertiary/aromatic N) is 1. The zero-order valence-corrected chi connectivity index (χ0v) is 13.5. The lowest BCUT2D eigenvalue weighted by molar-refractivity contribution is 0.102. The molecule has 1 aromatic heterocycles. The van der Waals surface area contributed by atoms with Crippen molar-refractivity contribution in [3.05, 3.63) is 46.2 Å². The monoisotopic (exact) mass is 350 g/mol. The maximum absolute atomic E-state index is 12.3. The fourth-order valence-electron chi connectivity index (χ4n) is 1.81. The molecule has 1 amide bonds. The lowest BCUT2D eigenvalue weighted by Crippen LogP contribution is -2.13. The van der Waals surface area contributed by atoms with Crippen LogP contribution in [0.15, 0.2) is 35.1 Å². The number of nitrogens with one attached hydrogen (secondary N) is 1. The first kappa shape index (κ1) is 15.3. The smallest absolute Gasteiger partial charge is 0.259 e. The summed E-state index contributed by atoms with van der Waals surface area (Å²) < 4.78 is 11.1. The molecule has 0 radical (unpaired) electrons. The van der Waals surface area contributed by atoms with Gasteiger partial charge in [0.25, 0.3) is 5.91 Å². The maximum Gasteiger partial charge on any atom is 0.259 e. The number of hydrogen-bond acceptors (Lipinski definition) is 4. The number of pyridine rings is 1. The van der Waals surface area contributed by atoms with E-state index in [9.17, 15) is 4.79 Å². The van der Waals surface area contributed by atoms with E-state index < -0.39 is 0 Å². The second-order valence-corrected chi connectivity index (χ2v) is 5.10. The fraction of sp³-hybridized carbons (Fsp3) is 0.200. The number of aryl methyl sites for hydroxylation is 1. The van der Waals surface area contributed by atoms with Crippen LogP contribution >= 0.6 is 15.9 Å². The number of ether oxygens (including phenoxy) is 2. The van der Waals surface area contributed by atoms with Gasteiger partial charge >= 0.3 is 0 Å². The number of rotatable bonds is 4. The molecular formula is C15H15BrN2O3. The molecule has 0 saturated carbocycles. The minimum Gasteiger partial charge on any atom is -0.497 e. The van der Waals surface area contributed by atoms with Gasteiger partial charge in [-0.05, 0) is 46.6 Å². The largest absolute Gasteiger partial charge is 0.497 e. The Labute approximate surface area is 131 Å². The molecule has 0 fully saturated rings. The highest BCUT2D eigenvalue weighted by Gasteiger charge is 2.14. The highest BCUT2D eigenvalue weighted by atomic mass is 79.9. The molecule has 5 nitrogen and oxygen atoms in total. The predicted molar refractivity (Wildman–Crippen MR) is 84.2 cm³/mol. The summed E-state index contributed by atoms with van der Waals surface area (Å²) in [5, 5.41) is 2.80. The molecule has 1 heterocycles. The number of anilines is 1. The molecular weight excluding hydrogens is 336 g/mol. The fourth-order valence-corrected chi connectivity index (χ4v) is 2.03. The van der Waals surface area contributed by atoms with E-state index in [0.717, 1.165) is 10.2 Å². The Hall–Kier alpha value is -2.08. The molecule has 2 rings (SSSR count). The van der Waals surface area contributed by atoms with Crippen LogP contribution in [0.2, 0.25) is 0 Å². The van der Waals surface area contributed by atoms with Crippen molar-refractivity contribution >= 4 is 27.5 Å². The van der Waals surface area contributed by atoms with Gasteiger partial charge in [0, 0.05) is 6.07 Å². The van der Waals surface area contributed by atoms with Crippen molar-refractivity contribution in [2.24, 2.45) is 0 Å². The number of hydrogen-bond donors (Lipinski definition) is 1. The van der Waals surface area contributed by atoms with Crippen molar-refractivity contribution in [3.8, 4) is 11.5 Å². The van der Waals surface area contributed by atoms with Gasteiger partial charge in [0.2, 0.25) is 0 Å². The average Bonchev–Trinajstić information content (AvgIpc) is 2.50. The van der Waals surface area contributed by atoms with E-state index in [2.05, 4.69) is 26.2 Å². The molecule has 1 N–H and O–H groups in total. The summed E-state index contributed by atoms with van der Waals surface area (Å²) in [6, 6.07) is 6.87. The molecule has 0 atom stereocenters. The number of aromatic nitrogens is 1. The van der Waals surface area contributed by atoms with Crippen molar-refractivity contribution in [1.29, 1.82) is 0 Å². The first-order chi connectivity index (χ1) is 10.0. The zero-order valence-electron chi connectivity index (χ0n) is 11.9. The molecule has 110 valence electrons. The van der Waals surface area contributed by atoms with E-state index in [1.165, 1.54) is 7.11 Å². The van der Waals surface area contributed by atoms with Gasteiger partial charge < -0.3 is 14.8 Å². The van der Waals surface area contributed by atoms with Crippen LogP contribution in [0, 0.1) is 6.92 Å². The SMILES string of the molecule is COc1ccc(C(=O)Nc2cnc(Br)c(C)c2)c(OC)c1. The summed E-state index contributed by atoms with van der Waals surface area (Å²) in [5.74, 6) is 0.816. The Balaban J connectivity index is 2.25. The van der Waals surface area contributed by atoms with E-state index in [0.29, 0.717) is 22.7 Å². The van der Waals surface area contributed by atoms with Crippen LogP contribution in [0.4, 0.5) is 5.69 Å². The molecule has 21 heavy (non-hydrogen) atoms. The van der Waals surface area contributed by atoms with Crippen molar-refractivity contribution in [1.82, 2.24) is 4.98 Å². The van der Waals surface area contributed by atoms with Crippen LogP contribution in [0.1, 0.15) is 15.9 Å². The van der Waals surface area contributed by atoms with E-state index >= 15 is 0 Å². The third-order valence-corrected chi connectivity index (χ3v) is 3.76. The van der Waals surface area contributed by atoms with Crippen molar-refractivity contribution < 1.29 is 14.3 Å². The summed E-state index contributed by atoms with van der Waals surface area (Å²) in [5.41, 5.74) is 1.99. The topological polar surface area (TPSA) is 60.5 Å². The summed E-state index contributed by atoms with van der Waals surface area (Å²) in [4.78, 5) is 16.5. The Morgan fingerprint density at radius 3 is 2.62 bits per heavy atom. The molecule has 0 bridgehead atoms. The molecule has 0 aliphatic rings. The van der Waals surface area contributed by atoms with Gasteiger partial charge in [-0.25, -0.2) is 4.98 Å². The van der Waals surface area contributed by atoms with Crippen LogP contribution < -0.4 is 14.8 Å². The quantitative estimate of drug-likeness (QED) is 0.858. The van der Waals surface area contributed by atoms with Crippen molar-refractivity contribution in [3.63, 3.8) is 0 Å². The van der Waals surface area contributed by atoms with Gasteiger partial charge in [-0.15, -0.1) is 0 Å². The number of amides is 1. The number of carbonyl (C=O) groups excluding carboxylic acids is 1. The Bertz CT molecular complexity index is 674. The van der Waals surface area contributed by atoms with Crippen molar-refractivity contribution in [2.45, 2.75) is 6.92 Å². The molecule has 1 aromatic carbocycles. The second kappa shape index (κ2) is 6.58. The van der Waals surface area contributed by atoms with Gasteiger partial charge in [0.1, 0.15) is 16.1 Å². The van der Waals surface area contributed by atoms with Crippen LogP contribution in [0.5, 0.6) is 11.5 Å². The first-order valence-electron chi connectivity index (χ1n) is 6.20. The van der Waals surface area contributed by atoms with Crippen LogP contribution in [0.3, 0.4) is 0 Å². The number of methoxy groups -OCH3 is 2. The molecule has 0 unspecified atom stereocenters. The Kier molecular flexibility index (Phi) is 4.80. The predicted octanol–water partition coefficient (Wildman–Crippen LogP) is 3.42. The maximum atomic E-state index is 12.3. The highest BCUT2D eigenvalue weighted by molar-refractivity contribution is 9.10. The number of halogens is 1. The Morgan fingerprint density at radius 2 is 2.00 bits per heavy atom. The number of carbonyl (C=O) groups is 1. The van der Waals surface area contributed by atoms with Crippen LogP contribution in [-0.4, -0.2) is 25.1 Å². The third-order valence-electron chi connectivity index (χ3n) is 2.93. The summed E-state index contributed by atoms with van der Waals surface area (Å²) in [7, 11) is 3.07. The normalized spacial score (nSPS) is 10.1. The molecule has 0 spiro atoms. The summed E-state index contributed by atoms with van der Waals surface area (Å²) in [6.45, 7) is 1.90. The van der Waals surface area contributed by atoms with E-state index in [1.807, 2.05) is 13.0 Å². The van der Waals surface area contributed by atoms with E-state index in [4.69, 9.17) is 9.47 Å². The minimum atomic E-state index is -0.266. The van der Waals surface area contributed by atoms with Gasteiger partial charge in [0.05, 0.1) is 31.7 Å². The molecule has 0 aliphatic carbocycles. The van der Waals surface area contributed by atoms with Crippen molar-refractivity contribution in [2.75, 3.05) is 19.5 Å². The lowest BCUT2D eigenvalue weighted by atomic mass is 10.1. The number of benzene rings is 1. The summed E-state index contributed by atoms with van der Waals surface area (Å²) in [6.07, 6.45) is 1.59. The van der Waals surface area contributed by atoms with Gasteiger partial charge in [-0.2, -0.15) is 0 Å². The molecule has 6 heteroatoms. The Morgan fingerprint density at radius 1 is 1.24 bits per heavy atom. The molecule has 2 aromatic rings. The standard InChI is InChI=1S/C15H15BrN2O3/c1-9-6-10(8-17-14(9)16)18-15(19)12-5-4-11(20-2)7-13(12)21-3/h4-8H,1-3H3,(H,18,19). The average molecular weight is 351 g/mol. The van der Waals surface area contributed by atoms with Gasteiger partial charge in [0.15, 0.2) is 0 Å². The van der Waals surface area contributed by atoms with Gasteiger partial charge in [-0.1, -0.05) is 0 Å². The van der Waals surface area contributed by atoms with Crippen LogP contribution in [0.25, 0.3) is 0 Å². The van der Waals surface area contributed by atoms with Gasteiger partial charge in [-0.3, -0.25) is 4.79 Å². The minimum absolute atomic E-state index is 0.266. The zero-order chi connectivity index (χ0) is 15.4. The summed E-state index contributed by atoms with van der Waals surface area (Å²) >= 11 is 3.32. The molecule has 0 aliphatic heterocycles. The molecule has 0 saturated heterocycles. The highest BCUT2D eigenvalue weighted by Crippen LogP contribution is 2.25. The third kappa shape index (κ3) is 3.52. The van der Waals surface area contributed by atoms with E-state index in [1.54, 1.807) is 31.5 Å². The van der Waals surface area contributed by atoms with Crippen LogP contribution in [-0.2, 0) is 0 Å². The lowest BCUT2D eigenvalue weighted by Gasteiger charge is -2.11. The van der Waals surface area contributed by atoms with E-state index in [-0.39, 0.29) is 5.91 Å². The second-order valence-electron chi connectivity index (χ2n) is 4.35. The first-order valence-corrected chi connectivity index (χ1v) is 7.00.